The molecule has 0 bridgehead atoms. The molecule has 3 nitrogen and oxygen atoms in total. The molecule has 0 radical (unpaired) electrons. The molecule has 24 heavy (non-hydrogen) atoms. The molecule has 3 aromatic rings. The van der Waals surface area contributed by atoms with Gasteiger partial charge in [-0.2, -0.15) is 0 Å². The number of halogens is 1. The third-order valence-electron chi connectivity index (χ3n) is 4.08. The van der Waals surface area contributed by atoms with Gasteiger partial charge in [0.1, 0.15) is 0 Å². The van der Waals surface area contributed by atoms with Crippen LogP contribution in [-0.4, -0.2) is 23.2 Å². The maximum Gasteiger partial charge on any atom is 0.166 e. The summed E-state index contributed by atoms with van der Waals surface area (Å²) in [5.74, 6) is 0.103. The Kier molecular flexibility index (Phi) is 5.38. The number of aromatic nitrogens is 1. The van der Waals surface area contributed by atoms with Gasteiger partial charge < -0.3 is 15.6 Å². The van der Waals surface area contributed by atoms with Crippen molar-refractivity contribution in [1.29, 1.82) is 0 Å². The van der Waals surface area contributed by atoms with Crippen LogP contribution in [-0.2, 0) is 0 Å². The molecule has 3 rings (SSSR count). The number of benzene rings is 2. The molecule has 0 amide bonds. The Morgan fingerprint density at radius 3 is 2.62 bits per heavy atom. The molecule has 0 aliphatic heterocycles. The van der Waals surface area contributed by atoms with Gasteiger partial charge in [0.2, 0.25) is 0 Å². The first-order chi connectivity index (χ1) is 11.7. The Hall–Kier alpha value is -2.04. The van der Waals surface area contributed by atoms with Crippen LogP contribution in [0.15, 0.2) is 54.7 Å². The predicted molar refractivity (Wildman–Crippen MR) is 106 cm³/mol. The molecular weight excluding hydrogens is 338 g/mol. The summed E-state index contributed by atoms with van der Waals surface area (Å²) in [6.07, 6.45) is 2.07. The lowest BCUT2D eigenvalue weighted by Crippen LogP contribution is -2.37. The van der Waals surface area contributed by atoms with Gasteiger partial charge in [-0.15, -0.1) is 0 Å². The van der Waals surface area contributed by atoms with E-state index in [1.54, 1.807) is 0 Å². The first-order valence-corrected chi connectivity index (χ1v) is 8.81. The number of hydrogen-bond acceptors (Lipinski definition) is 1. The van der Waals surface area contributed by atoms with Crippen LogP contribution < -0.4 is 10.6 Å². The molecule has 0 aliphatic carbocycles. The van der Waals surface area contributed by atoms with Gasteiger partial charge in [-0.3, -0.25) is 0 Å². The smallest absolute Gasteiger partial charge is 0.166 e. The monoisotopic (exact) mass is 357 g/mol. The molecular formula is C19H20ClN3S. The lowest BCUT2D eigenvalue weighted by Gasteiger charge is -2.20. The van der Waals surface area contributed by atoms with E-state index in [0.717, 1.165) is 22.6 Å². The van der Waals surface area contributed by atoms with Crippen molar-refractivity contribution < 1.29 is 0 Å². The highest BCUT2D eigenvalue weighted by atomic mass is 35.5. The van der Waals surface area contributed by atoms with Crippen LogP contribution in [0.3, 0.4) is 0 Å². The molecule has 2 aromatic carbocycles. The van der Waals surface area contributed by atoms with Crippen LogP contribution in [0, 0.1) is 0 Å². The van der Waals surface area contributed by atoms with Crippen molar-refractivity contribution in [1.82, 2.24) is 15.6 Å². The van der Waals surface area contributed by atoms with E-state index in [1.165, 1.54) is 10.9 Å². The first-order valence-electron chi connectivity index (χ1n) is 8.02. The highest BCUT2D eigenvalue weighted by Crippen LogP contribution is 2.33. The first kappa shape index (κ1) is 16.8. The van der Waals surface area contributed by atoms with Crippen LogP contribution in [0.25, 0.3) is 10.9 Å². The topological polar surface area (TPSA) is 39.8 Å². The molecule has 1 atom stereocenters. The zero-order valence-electron chi connectivity index (χ0n) is 13.5. The summed E-state index contributed by atoms with van der Waals surface area (Å²) in [6.45, 7) is 3.51. The second-order valence-corrected chi connectivity index (χ2v) is 6.42. The van der Waals surface area contributed by atoms with E-state index in [1.807, 2.05) is 31.2 Å². The maximum absolute atomic E-state index is 6.48. The molecule has 0 saturated heterocycles. The Labute approximate surface area is 152 Å². The lowest BCUT2D eigenvalue weighted by molar-refractivity contribution is 0.748. The number of thiocarbonyl (C=S) groups is 1. The van der Waals surface area contributed by atoms with E-state index in [4.69, 9.17) is 23.8 Å². The van der Waals surface area contributed by atoms with Gasteiger partial charge in [-0.1, -0.05) is 48.0 Å². The number of rotatable bonds is 5. The lowest BCUT2D eigenvalue weighted by atomic mass is 9.91. The van der Waals surface area contributed by atoms with E-state index in [0.29, 0.717) is 11.7 Å². The van der Waals surface area contributed by atoms with Crippen molar-refractivity contribution in [2.75, 3.05) is 13.1 Å². The quantitative estimate of drug-likeness (QED) is 0.591. The fourth-order valence-electron chi connectivity index (χ4n) is 2.95. The zero-order valence-corrected chi connectivity index (χ0v) is 15.0. The van der Waals surface area contributed by atoms with Crippen LogP contribution in [0.1, 0.15) is 24.0 Å². The fraction of sp³-hybridized carbons (Fsp3) is 0.211. The van der Waals surface area contributed by atoms with E-state index in [-0.39, 0.29) is 5.92 Å². The van der Waals surface area contributed by atoms with Gasteiger partial charge in [-0.05, 0) is 42.4 Å². The third kappa shape index (κ3) is 3.55. The fourth-order valence-corrected chi connectivity index (χ4v) is 3.44. The molecule has 0 fully saturated rings. The minimum absolute atomic E-state index is 0.103. The van der Waals surface area contributed by atoms with Crippen LogP contribution in [0.5, 0.6) is 0 Å². The van der Waals surface area contributed by atoms with Crippen molar-refractivity contribution >= 4 is 39.8 Å². The summed E-state index contributed by atoms with van der Waals surface area (Å²) >= 11 is 11.8. The number of nitrogens with one attached hydrogen (secondary N) is 3. The summed E-state index contributed by atoms with van der Waals surface area (Å²) in [5, 5.41) is 9.08. The summed E-state index contributed by atoms with van der Waals surface area (Å²) in [4.78, 5) is 3.35. The average molecular weight is 358 g/mol. The van der Waals surface area contributed by atoms with Crippen molar-refractivity contribution in [3.63, 3.8) is 0 Å². The number of fused-ring (bicyclic) bond motifs is 1. The zero-order chi connectivity index (χ0) is 16.9. The standard InChI is InChI=1S/C19H20ClN3S/c1-2-21-19(24)23-12-15(13-7-3-5-9-17(13)20)16-11-22-18-10-6-4-8-14(16)18/h3-11,15,22H,2,12H2,1H3,(H2,21,23,24)/t15-/m1/s1. The summed E-state index contributed by atoms with van der Waals surface area (Å²) < 4.78 is 0. The summed E-state index contributed by atoms with van der Waals surface area (Å²) in [6, 6.07) is 16.3. The van der Waals surface area contributed by atoms with Crippen molar-refractivity contribution in [3.05, 3.63) is 70.9 Å². The average Bonchev–Trinajstić information content (AvgIpc) is 3.01. The SMILES string of the molecule is CCNC(=S)NC[C@H](c1ccccc1Cl)c1c[nH]c2ccccc12. The van der Waals surface area contributed by atoms with E-state index >= 15 is 0 Å². The van der Waals surface area contributed by atoms with Gasteiger partial charge in [0.15, 0.2) is 5.11 Å². The van der Waals surface area contributed by atoms with Gasteiger partial charge in [0.25, 0.3) is 0 Å². The Balaban J connectivity index is 1.99. The van der Waals surface area contributed by atoms with Crippen molar-refractivity contribution in [3.8, 4) is 0 Å². The Morgan fingerprint density at radius 2 is 1.83 bits per heavy atom. The Bertz CT molecular complexity index is 843. The normalized spacial score (nSPS) is 12.1. The molecule has 3 N–H and O–H groups in total. The van der Waals surface area contributed by atoms with Crippen molar-refractivity contribution in [2.45, 2.75) is 12.8 Å². The van der Waals surface area contributed by atoms with Gasteiger partial charge in [0.05, 0.1) is 0 Å². The number of para-hydroxylation sites is 1. The van der Waals surface area contributed by atoms with E-state index in [9.17, 15) is 0 Å². The molecule has 0 aliphatic rings. The number of H-pyrrole nitrogens is 1. The largest absolute Gasteiger partial charge is 0.363 e. The van der Waals surface area contributed by atoms with Crippen LogP contribution in [0.2, 0.25) is 5.02 Å². The van der Waals surface area contributed by atoms with Gasteiger partial charge in [-0.25, -0.2) is 0 Å². The minimum atomic E-state index is 0.103. The third-order valence-corrected chi connectivity index (χ3v) is 4.71. The molecule has 124 valence electrons. The highest BCUT2D eigenvalue weighted by molar-refractivity contribution is 7.80. The molecule has 5 heteroatoms. The molecule has 0 unspecified atom stereocenters. The second kappa shape index (κ2) is 7.69. The Morgan fingerprint density at radius 1 is 1.08 bits per heavy atom. The molecule has 1 heterocycles. The van der Waals surface area contributed by atoms with Crippen molar-refractivity contribution in [2.24, 2.45) is 0 Å². The molecule has 0 saturated carbocycles. The number of aromatic amines is 1. The molecule has 1 aromatic heterocycles. The van der Waals surface area contributed by atoms with Crippen LogP contribution >= 0.6 is 23.8 Å². The summed E-state index contributed by atoms with van der Waals surface area (Å²) in [7, 11) is 0. The maximum atomic E-state index is 6.48. The summed E-state index contributed by atoms with van der Waals surface area (Å²) in [5.41, 5.74) is 3.43. The minimum Gasteiger partial charge on any atom is -0.363 e. The predicted octanol–water partition coefficient (Wildman–Crippen LogP) is 4.44. The van der Waals surface area contributed by atoms with E-state index < -0.39 is 0 Å². The highest BCUT2D eigenvalue weighted by Gasteiger charge is 2.20. The number of hydrogen-bond donors (Lipinski definition) is 3. The van der Waals surface area contributed by atoms with Gasteiger partial charge >= 0.3 is 0 Å². The van der Waals surface area contributed by atoms with Gasteiger partial charge in [0, 0.05) is 41.1 Å². The second-order valence-electron chi connectivity index (χ2n) is 5.60. The molecule has 0 spiro atoms. The van der Waals surface area contributed by atoms with Crippen LogP contribution in [0.4, 0.5) is 0 Å². The van der Waals surface area contributed by atoms with E-state index in [2.05, 4.69) is 46.1 Å².